The summed E-state index contributed by atoms with van der Waals surface area (Å²) >= 11 is 0. The summed E-state index contributed by atoms with van der Waals surface area (Å²) in [6.07, 6.45) is 8.86. The molecule has 0 saturated heterocycles. The third kappa shape index (κ3) is 2.62. The fourth-order valence-electron chi connectivity index (χ4n) is 2.84. The quantitative estimate of drug-likeness (QED) is 0.812. The number of nitrogens with zero attached hydrogens (tertiary/aromatic N) is 1. The fourth-order valence-corrected chi connectivity index (χ4v) is 2.84. The van der Waals surface area contributed by atoms with Gasteiger partial charge in [-0.2, -0.15) is 0 Å². The van der Waals surface area contributed by atoms with E-state index in [1.54, 1.807) is 6.33 Å². The lowest BCUT2D eigenvalue weighted by Gasteiger charge is -2.16. The summed E-state index contributed by atoms with van der Waals surface area (Å²) in [6.45, 7) is 0. The number of benzene rings is 1. The third-order valence-corrected chi connectivity index (χ3v) is 3.88. The van der Waals surface area contributed by atoms with Crippen LogP contribution in [0.15, 0.2) is 24.5 Å². The van der Waals surface area contributed by atoms with E-state index in [1.807, 2.05) is 18.2 Å². The summed E-state index contributed by atoms with van der Waals surface area (Å²) in [5, 5.41) is 3.16. The minimum Gasteiger partial charge on any atom is -0.349 e. The molecule has 3 rings (SSSR count). The van der Waals surface area contributed by atoms with Crippen molar-refractivity contribution in [1.29, 1.82) is 0 Å². The van der Waals surface area contributed by atoms with Crippen LogP contribution in [-0.4, -0.2) is 21.9 Å². The van der Waals surface area contributed by atoms with E-state index in [-0.39, 0.29) is 5.91 Å². The Morgan fingerprint density at radius 2 is 2.00 bits per heavy atom. The Labute approximate surface area is 112 Å². The minimum absolute atomic E-state index is 0.00426. The van der Waals surface area contributed by atoms with E-state index in [4.69, 9.17) is 0 Å². The molecule has 0 atom stereocenters. The van der Waals surface area contributed by atoms with E-state index in [9.17, 15) is 4.79 Å². The van der Waals surface area contributed by atoms with Gasteiger partial charge >= 0.3 is 0 Å². The first-order chi connectivity index (χ1) is 9.34. The van der Waals surface area contributed by atoms with Crippen molar-refractivity contribution in [1.82, 2.24) is 15.3 Å². The normalized spacial score (nSPS) is 17.3. The third-order valence-electron chi connectivity index (χ3n) is 3.88. The van der Waals surface area contributed by atoms with Crippen molar-refractivity contribution in [3.63, 3.8) is 0 Å². The number of amides is 1. The van der Waals surface area contributed by atoms with Gasteiger partial charge in [0.25, 0.3) is 5.91 Å². The van der Waals surface area contributed by atoms with Gasteiger partial charge in [0, 0.05) is 6.04 Å². The smallest absolute Gasteiger partial charge is 0.253 e. The highest BCUT2D eigenvalue weighted by Gasteiger charge is 2.17. The highest BCUT2D eigenvalue weighted by atomic mass is 16.1. The lowest BCUT2D eigenvalue weighted by molar-refractivity contribution is 0.0935. The van der Waals surface area contributed by atoms with Gasteiger partial charge in [0.2, 0.25) is 0 Å². The predicted molar refractivity (Wildman–Crippen MR) is 75.0 cm³/mol. The van der Waals surface area contributed by atoms with Gasteiger partial charge in [-0.3, -0.25) is 4.79 Å². The second kappa shape index (κ2) is 5.43. The van der Waals surface area contributed by atoms with E-state index >= 15 is 0 Å². The zero-order valence-corrected chi connectivity index (χ0v) is 11.0. The van der Waals surface area contributed by atoms with Crippen LogP contribution >= 0.6 is 0 Å². The number of hydrogen-bond donors (Lipinski definition) is 2. The Hall–Kier alpha value is -1.84. The molecule has 0 bridgehead atoms. The number of carbonyl (C=O) groups is 1. The molecule has 2 aromatic rings. The maximum Gasteiger partial charge on any atom is 0.253 e. The van der Waals surface area contributed by atoms with Gasteiger partial charge < -0.3 is 10.3 Å². The summed E-state index contributed by atoms with van der Waals surface area (Å²) in [5.74, 6) is 0.00426. The number of carbonyl (C=O) groups excluding carboxylic acids is 1. The van der Waals surface area contributed by atoms with Crippen LogP contribution in [-0.2, 0) is 0 Å². The van der Waals surface area contributed by atoms with Gasteiger partial charge in [-0.15, -0.1) is 0 Å². The van der Waals surface area contributed by atoms with Crippen LogP contribution < -0.4 is 5.32 Å². The summed E-state index contributed by atoms with van der Waals surface area (Å²) in [7, 11) is 0. The lowest BCUT2D eigenvalue weighted by Crippen LogP contribution is -2.34. The second-order valence-corrected chi connectivity index (χ2v) is 5.27. The van der Waals surface area contributed by atoms with Gasteiger partial charge in [0.15, 0.2) is 0 Å². The van der Waals surface area contributed by atoms with Gasteiger partial charge in [-0.1, -0.05) is 31.7 Å². The monoisotopic (exact) mass is 257 g/mol. The molecule has 100 valence electrons. The van der Waals surface area contributed by atoms with E-state index in [0.717, 1.165) is 23.9 Å². The van der Waals surface area contributed by atoms with Crippen LogP contribution in [0.5, 0.6) is 0 Å². The molecule has 1 aliphatic rings. The standard InChI is InChI=1S/C15H19N3O/c19-15(18-11-6-3-1-2-4-7-11)12-8-5-9-13-14(12)17-10-16-13/h5,8-11H,1-4,6-7H2,(H,16,17)(H,18,19). The molecule has 1 saturated carbocycles. The SMILES string of the molecule is O=C(NC1CCCCCC1)c1cccc2[nH]cnc12. The van der Waals surface area contributed by atoms with Crippen molar-refractivity contribution in [2.45, 2.75) is 44.6 Å². The average Bonchev–Trinajstić information content (AvgIpc) is 2.76. The number of rotatable bonds is 2. The van der Waals surface area contributed by atoms with Crippen molar-refractivity contribution in [2.24, 2.45) is 0 Å². The largest absolute Gasteiger partial charge is 0.349 e. The molecule has 4 heteroatoms. The first-order valence-electron chi connectivity index (χ1n) is 7.07. The van der Waals surface area contributed by atoms with Crippen LogP contribution in [0.2, 0.25) is 0 Å². The number of H-pyrrole nitrogens is 1. The van der Waals surface area contributed by atoms with Crippen molar-refractivity contribution < 1.29 is 4.79 Å². The Kier molecular flexibility index (Phi) is 3.49. The molecule has 1 fully saturated rings. The predicted octanol–water partition coefficient (Wildman–Crippen LogP) is 3.02. The molecule has 0 aliphatic heterocycles. The summed E-state index contributed by atoms with van der Waals surface area (Å²) in [6, 6.07) is 5.99. The van der Waals surface area contributed by atoms with Crippen LogP contribution in [0.1, 0.15) is 48.9 Å². The number of imidazole rings is 1. The van der Waals surface area contributed by atoms with Gasteiger partial charge in [-0.05, 0) is 25.0 Å². The van der Waals surface area contributed by atoms with Crippen LogP contribution in [0.3, 0.4) is 0 Å². The summed E-state index contributed by atoms with van der Waals surface area (Å²) in [5.41, 5.74) is 2.34. The molecule has 4 nitrogen and oxygen atoms in total. The number of nitrogens with one attached hydrogen (secondary N) is 2. The Bertz CT molecular complexity index is 568. The first-order valence-corrected chi connectivity index (χ1v) is 7.07. The molecule has 1 amide bonds. The maximum absolute atomic E-state index is 12.4. The molecule has 0 radical (unpaired) electrons. The Morgan fingerprint density at radius 3 is 2.79 bits per heavy atom. The molecule has 0 unspecified atom stereocenters. The molecule has 1 aromatic carbocycles. The van der Waals surface area contributed by atoms with Gasteiger partial charge in [0.05, 0.1) is 17.4 Å². The van der Waals surface area contributed by atoms with Gasteiger partial charge in [-0.25, -0.2) is 4.98 Å². The Morgan fingerprint density at radius 1 is 1.21 bits per heavy atom. The summed E-state index contributed by atoms with van der Waals surface area (Å²) in [4.78, 5) is 19.6. The number of fused-ring (bicyclic) bond motifs is 1. The molecule has 1 heterocycles. The molecular formula is C15H19N3O. The van der Waals surface area contributed by atoms with Crippen LogP contribution in [0, 0.1) is 0 Å². The van der Waals surface area contributed by atoms with Crippen LogP contribution in [0.25, 0.3) is 11.0 Å². The average molecular weight is 257 g/mol. The summed E-state index contributed by atoms with van der Waals surface area (Å²) < 4.78 is 0. The number of para-hydroxylation sites is 1. The highest BCUT2D eigenvalue weighted by Crippen LogP contribution is 2.19. The lowest BCUT2D eigenvalue weighted by atomic mass is 10.1. The highest BCUT2D eigenvalue weighted by molar-refractivity contribution is 6.04. The van der Waals surface area contributed by atoms with Gasteiger partial charge in [0.1, 0.15) is 5.52 Å². The number of aromatic amines is 1. The number of aromatic nitrogens is 2. The Balaban J connectivity index is 1.77. The van der Waals surface area contributed by atoms with Crippen molar-refractivity contribution in [3.05, 3.63) is 30.1 Å². The number of hydrogen-bond acceptors (Lipinski definition) is 2. The molecular weight excluding hydrogens is 238 g/mol. The minimum atomic E-state index is 0.00426. The molecule has 0 spiro atoms. The van der Waals surface area contributed by atoms with E-state index < -0.39 is 0 Å². The van der Waals surface area contributed by atoms with E-state index in [1.165, 1.54) is 25.7 Å². The fraction of sp³-hybridized carbons (Fsp3) is 0.467. The first kappa shape index (κ1) is 12.2. The van der Waals surface area contributed by atoms with E-state index in [0.29, 0.717) is 11.6 Å². The maximum atomic E-state index is 12.4. The molecule has 1 aromatic heterocycles. The second-order valence-electron chi connectivity index (χ2n) is 5.27. The van der Waals surface area contributed by atoms with Crippen LogP contribution in [0.4, 0.5) is 0 Å². The van der Waals surface area contributed by atoms with Crippen molar-refractivity contribution >= 4 is 16.9 Å². The van der Waals surface area contributed by atoms with E-state index in [2.05, 4.69) is 15.3 Å². The van der Waals surface area contributed by atoms with Crippen molar-refractivity contribution in [2.75, 3.05) is 0 Å². The zero-order chi connectivity index (χ0) is 13.1. The molecule has 2 N–H and O–H groups in total. The zero-order valence-electron chi connectivity index (χ0n) is 11.0. The molecule has 19 heavy (non-hydrogen) atoms. The molecule has 1 aliphatic carbocycles. The topological polar surface area (TPSA) is 57.8 Å². The van der Waals surface area contributed by atoms with Crippen molar-refractivity contribution in [3.8, 4) is 0 Å².